The second kappa shape index (κ2) is 13.8. The maximum atomic E-state index is 14.0. The number of carbonyl (C=O) groups is 2. The van der Waals surface area contributed by atoms with Crippen molar-refractivity contribution in [1.82, 2.24) is 10.2 Å². The van der Waals surface area contributed by atoms with Gasteiger partial charge in [-0.25, -0.2) is 8.42 Å². The molecule has 3 rings (SSSR count). The Hall–Kier alpha value is -3.85. The monoisotopic (exact) mass is 551 g/mol. The highest BCUT2D eigenvalue weighted by molar-refractivity contribution is 7.92. The van der Waals surface area contributed by atoms with Crippen LogP contribution in [0.3, 0.4) is 0 Å². The van der Waals surface area contributed by atoms with Crippen molar-refractivity contribution in [3.63, 3.8) is 0 Å². The maximum Gasteiger partial charge on any atom is 0.264 e. The fourth-order valence-corrected chi connectivity index (χ4v) is 5.72. The van der Waals surface area contributed by atoms with Crippen LogP contribution < -0.4 is 14.4 Å². The molecule has 0 saturated carbocycles. The topological polar surface area (TPSA) is 96.0 Å². The highest BCUT2D eigenvalue weighted by Crippen LogP contribution is 2.26. The molecule has 1 atom stereocenters. The van der Waals surface area contributed by atoms with Gasteiger partial charge in [0.1, 0.15) is 18.3 Å². The Morgan fingerprint density at radius 1 is 0.949 bits per heavy atom. The number of rotatable bonds is 13. The summed E-state index contributed by atoms with van der Waals surface area (Å²) >= 11 is 0. The van der Waals surface area contributed by atoms with E-state index in [0.717, 1.165) is 21.9 Å². The molecule has 1 N–H and O–H groups in total. The molecule has 0 radical (unpaired) electrons. The van der Waals surface area contributed by atoms with Crippen molar-refractivity contribution in [2.24, 2.45) is 0 Å². The van der Waals surface area contributed by atoms with E-state index in [9.17, 15) is 18.0 Å². The number of hydrogen-bond acceptors (Lipinski definition) is 5. The van der Waals surface area contributed by atoms with Crippen LogP contribution in [-0.2, 0) is 26.2 Å². The summed E-state index contributed by atoms with van der Waals surface area (Å²) in [6.45, 7) is 5.93. The molecular formula is C30H37N3O5S. The summed E-state index contributed by atoms with van der Waals surface area (Å²) in [4.78, 5) is 28.7. The van der Waals surface area contributed by atoms with E-state index in [1.807, 2.05) is 45.0 Å². The average molecular weight is 552 g/mol. The van der Waals surface area contributed by atoms with E-state index in [1.165, 1.54) is 24.1 Å². The molecule has 0 fully saturated rings. The zero-order valence-electron chi connectivity index (χ0n) is 23.0. The second-order valence-corrected chi connectivity index (χ2v) is 11.1. The molecular weight excluding hydrogens is 514 g/mol. The zero-order valence-corrected chi connectivity index (χ0v) is 23.8. The maximum absolute atomic E-state index is 14.0. The molecule has 2 amide bonds. The number of anilines is 1. The highest BCUT2D eigenvalue weighted by Gasteiger charge is 2.33. The number of nitrogens with one attached hydrogen (secondary N) is 1. The third kappa shape index (κ3) is 7.60. The first kappa shape index (κ1) is 29.7. The molecule has 39 heavy (non-hydrogen) atoms. The van der Waals surface area contributed by atoms with Gasteiger partial charge in [-0.15, -0.1) is 0 Å². The van der Waals surface area contributed by atoms with Crippen molar-refractivity contribution in [1.29, 1.82) is 0 Å². The number of aryl methyl sites for hydroxylation is 1. The van der Waals surface area contributed by atoms with Crippen molar-refractivity contribution in [2.75, 3.05) is 24.5 Å². The van der Waals surface area contributed by atoms with Crippen molar-refractivity contribution < 1.29 is 22.7 Å². The molecule has 1 unspecified atom stereocenters. The number of ether oxygens (including phenoxy) is 1. The van der Waals surface area contributed by atoms with Crippen molar-refractivity contribution in [3.05, 3.63) is 90.0 Å². The minimum atomic E-state index is -4.10. The Balaban J connectivity index is 2.04. The van der Waals surface area contributed by atoms with Crippen LogP contribution in [0.25, 0.3) is 0 Å². The van der Waals surface area contributed by atoms with Gasteiger partial charge in [0.05, 0.1) is 17.7 Å². The molecule has 0 spiro atoms. The molecule has 0 aliphatic carbocycles. The van der Waals surface area contributed by atoms with Gasteiger partial charge < -0.3 is 15.0 Å². The fourth-order valence-electron chi connectivity index (χ4n) is 4.29. The third-order valence-electron chi connectivity index (χ3n) is 6.34. The Kier molecular flexibility index (Phi) is 10.5. The van der Waals surface area contributed by atoms with E-state index >= 15 is 0 Å². The van der Waals surface area contributed by atoms with Crippen molar-refractivity contribution in [2.45, 2.75) is 51.1 Å². The molecule has 0 bridgehead atoms. The van der Waals surface area contributed by atoms with Gasteiger partial charge in [0.25, 0.3) is 10.0 Å². The first-order valence-electron chi connectivity index (χ1n) is 13.1. The van der Waals surface area contributed by atoms with Crippen LogP contribution in [0, 0.1) is 6.92 Å². The number of carbonyl (C=O) groups excluding carboxylic acids is 2. The van der Waals surface area contributed by atoms with Crippen molar-refractivity contribution >= 4 is 27.5 Å². The smallest absolute Gasteiger partial charge is 0.264 e. The first-order valence-corrected chi connectivity index (χ1v) is 14.5. The quantitative estimate of drug-likeness (QED) is 0.337. The lowest BCUT2D eigenvalue weighted by atomic mass is 10.1. The molecule has 208 valence electrons. The number of nitrogens with zero attached hydrogens (tertiary/aromatic N) is 2. The molecule has 0 aliphatic heterocycles. The SMILES string of the molecule is CCCNC(=O)C(CC)N(Cc1cccc(C)c1)C(=O)CN(c1ccc(OC)cc1)S(=O)(=O)c1ccccc1. The molecule has 0 heterocycles. The molecule has 0 aliphatic rings. The van der Waals surface area contributed by atoms with Crippen LogP contribution in [-0.4, -0.2) is 51.4 Å². The van der Waals surface area contributed by atoms with Gasteiger partial charge in [-0.2, -0.15) is 0 Å². The van der Waals surface area contributed by atoms with Crippen LogP contribution in [0.4, 0.5) is 5.69 Å². The Bertz CT molecular complexity index is 1340. The number of methoxy groups -OCH3 is 1. The lowest BCUT2D eigenvalue weighted by molar-refractivity contribution is -0.140. The number of amides is 2. The minimum absolute atomic E-state index is 0.0617. The predicted molar refractivity (Wildman–Crippen MR) is 153 cm³/mol. The van der Waals surface area contributed by atoms with Crippen LogP contribution in [0.2, 0.25) is 0 Å². The average Bonchev–Trinajstić information content (AvgIpc) is 2.95. The normalized spacial score (nSPS) is 11.9. The second-order valence-electron chi connectivity index (χ2n) is 9.25. The van der Waals surface area contributed by atoms with Crippen LogP contribution in [0.15, 0.2) is 83.8 Å². The minimum Gasteiger partial charge on any atom is -0.497 e. The van der Waals surface area contributed by atoms with Crippen molar-refractivity contribution in [3.8, 4) is 5.75 Å². The third-order valence-corrected chi connectivity index (χ3v) is 8.13. The van der Waals surface area contributed by atoms with Crippen LogP contribution in [0.1, 0.15) is 37.8 Å². The number of sulfonamides is 1. The van der Waals surface area contributed by atoms with Gasteiger partial charge >= 0.3 is 0 Å². The number of hydrogen-bond donors (Lipinski definition) is 1. The molecule has 0 saturated heterocycles. The van der Waals surface area contributed by atoms with Crippen LogP contribution in [0.5, 0.6) is 5.75 Å². The summed E-state index contributed by atoms with van der Waals surface area (Å²) in [5, 5.41) is 2.89. The van der Waals surface area contributed by atoms with Crippen LogP contribution >= 0.6 is 0 Å². The fraction of sp³-hybridized carbons (Fsp3) is 0.333. The standard InChI is InChI=1S/C30H37N3O5S/c1-5-19-31-30(35)28(6-2)32(21-24-12-10-11-23(3)20-24)29(34)22-33(25-15-17-26(38-4)18-16-25)39(36,37)27-13-8-7-9-14-27/h7-18,20,28H,5-6,19,21-22H2,1-4H3,(H,31,35). The van der Waals surface area contributed by atoms with Gasteiger partial charge in [-0.3, -0.25) is 13.9 Å². The predicted octanol–water partition coefficient (Wildman–Crippen LogP) is 4.53. The zero-order chi connectivity index (χ0) is 28.4. The first-order chi connectivity index (χ1) is 18.7. The van der Waals surface area contributed by atoms with Gasteiger partial charge in [-0.05, 0) is 61.7 Å². The summed E-state index contributed by atoms with van der Waals surface area (Å²) < 4.78 is 33.9. The number of benzene rings is 3. The molecule has 3 aromatic carbocycles. The lowest BCUT2D eigenvalue weighted by Gasteiger charge is -2.33. The summed E-state index contributed by atoms with van der Waals surface area (Å²) in [5.74, 6) is -0.186. The van der Waals surface area contributed by atoms with Gasteiger partial charge in [0, 0.05) is 13.1 Å². The van der Waals surface area contributed by atoms with E-state index in [4.69, 9.17) is 4.74 Å². The highest BCUT2D eigenvalue weighted by atomic mass is 32.2. The van der Waals surface area contributed by atoms with Gasteiger partial charge in [0.15, 0.2) is 0 Å². The Labute approximate surface area is 231 Å². The summed E-state index contributed by atoms with van der Waals surface area (Å²) in [5.41, 5.74) is 2.19. The Morgan fingerprint density at radius 3 is 2.23 bits per heavy atom. The lowest BCUT2D eigenvalue weighted by Crippen LogP contribution is -2.52. The summed E-state index contributed by atoms with van der Waals surface area (Å²) in [6, 6.07) is 21.4. The van der Waals surface area contributed by atoms with Gasteiger partial charge in [-0.1, -0.05) is 61.9 Å². The van der Waals surface area contributed by atoms with E-state index in [1.54, 1.807) is 42.5 Å². The summed E-state index contributed by atoms with van der Waals surface area (Å²) in [6.07, 6.45) is 1.13. The Morgan fingerprint density at radius 2 is 1.64 bits per heavy atom. The summed E-state index contributed by atoms with van der Waals surface area (Å²) in [7, 11) is -2.58. The van der Waals surface area contributed by atoms with E-state index in [0.29, 0.717) is 24.4 Å². The van der Waals surface area contributed by atoms with E-state index in [-0.39, 0.29) is 17.3 Å². The van der Waals surface area contributed by atoms with E-state index < -0.39 is 28.5 Å². The molecule has 8 nitrogen and oxygen atoms in total. The van der Waals surface area contributed by atoms with E-state index in [2.05, 4.69) is 5.32 Å². The van der Waals surface area contributed by atoms with Gasteiger partial charge in [0.2, 0.25) is 11.8 Å². The largest absolute Gasteiger partial charge is 0.497 e. The molecule has 0 aromatic heterocycles. The molecule has 9 heteroatoms. The molecule has 3 aromatic rings.